The first kappa shape index (κ1) is 21.9. The first-order valence-electron chi connectivity index (χ1n) is 11.2. The second-order valence-corrected chi connectivity index (χ2v) is 9.47. The Bertz CT molecular complexity index is 1260. The summed E-state index contributed by atoms with van der Waals surface area (Å²) in [5.41, 5.74) is 0.687. The van der Waals surface area contributed by atoms with E-state index in [0.29, 0.717) is 23.9 Å². The van der Waals surface area contributed by atoms with Gasteiger partial charge in [0.05, 0.1) is 6.20 Å². The number of carbonyl (C=O) groups is 1. The third-order valence-electron chi connectivity index (χ3n) is 6.95. The number of nitrogens with zero attached hydrogens (tertiary/aromatic N) is 4. The Hall–Kier alpha value is -3.58. The van der Waals surface area contributed by atoms with Crippen LogP contribution in [0.15, 0.2) is 24.5 Å². The van der Waals surface area contributed by atoms with Crippen molar-refractivity contribution in [2.75, 3.05) is 5.32 Å². The van der Waals surface area contributed by atoms with Crippen LogP contribution in [0.5, 0.6) is 5.88 Å². The fourth-order valence-corrected chi connectivity index (χ4v) is 5.22. The number of rotatable bonds is 6. The van der Waals surface area contributed by atoms with Gasteiger partial charge in [0.1, 0.15) is 17.9 Å². The third-order valence-corrected chi connectivity index (χ3v) is 6.95. The normalized spacial score (nSPS) is 29.4. The monoisotopic (exact) mass is 495 g/mol. The van der Waals surface area contributed by atoms with Crippen LogP contribution in [0.1, 0.15) is 43.7 Å². The van der Waals surface area contributed by atoms with Gasteiger partial charge in [-0.1, -0.05) is 0 Å². The summed E-state index contributed by atoms with van der Waals surface area (Å²) >= 11 is 0. The average molecular weight is 495 g/mol. The number of alkyl halides is 4. The lowest BCUT2D eigenvalue weighted by molar-refractivity contribution is -0.276. The Morgan fingerprint density at radius 2 is 2.06 bits per heavy atom. The van der Waals surface area contributed by atoms with E-state index < -0.39 is 30.6 Å². The molecule has 7 rings (SSSR count). The Morgan fingerprint density at radius 1 is 1.26 bits per heavy atom. The average Bonchev–Trinajstić information content (AvgIpc) is 3.42. The van der Waals surface area contributed by atoms with E-state index in [1.807, 2.05) is 0 Å². The van der Waals surface area contributed by atoms with Crippen molar-refractivity contribution in [1.82, 2.24) is 29.9 Å². The summed E-state index contributed by atoms with van der Waals surface area (Å²) in [6, 6.07) is 3.08. The van der Waals surface area contributed by atoms with Gasteiger partial charge in [0.25, 0.3) is 0 Å². The van der Waals surface area contributed by atoms with Crippen molar-refractivity contribution in [1.29, 1.82) is 0 Å². The fraction of sp³-hybridized carbons (Fsp3) is 0.524. The third kappa shape index (κ3) is 4.21. The summed E-state index contributed by atoms with van der Waals surface area (Å²) in [6.07, 6.45) is -1.78. The van der Waals surface area contributed by atoms with E-state index in [0.717, 1.165) is 25.5 Å². The summed E-state index contributed by atoms with van der Waals surface area (Å²) in [6.45, 7) is 0. The number of hydrogen-bond donors (Lipinski definition) is 3. The molecule has 0 spiro atoms. The Kier molecular flexibility index (Phi) is 4.83. The summed E-state index contributed by atoms with van der Waals surface area (Å²) in [4.78, 5) is 20.1. The van der Waals surface area contributed by atoms with Crippen molar-refractivity contribution in [2.24, 2.45) is 5.92 Å². The Morgan fingerprint density at radius 3 is 2.77 bits per heavy atom. The van der Waals surface area contributed by atoms with E-state index in [1.165, 1.54) is 16.7 Å². The number of hydrogen-bond acceptors (Lipinski definition) is 7. The number of ether oxygens (including phenoxy) is 2. The van der Waals surface area contributed by atoms with Crippen LogP contribution >= 0.6 is 0 Å². The minimum absolute atomic E-state index is 0.138. The van der Waals surface area contributed by atoms with Crippen LogP contribution in [0.25, 0.3) is 5.65 Å². The number of imidazole rings is 1. The van der Waals surface area contributed by atoms with Gasteiger partial charge in [-0.05, 0) is 44.1 Å². The second kappa shape index (κ2) is 7.71. The second-order valence-electron chi connectivity index (χ2n) is 9.47. The summed E-state index contributed by atoms with van der Waals surface area (Å²) in [7, 11) is 0. The quantitative estimate of drug-likeness (QED) is 0.443. The van der Waals surface area contributed by atoms with E-state index in [4.69, 9.17) is 4.74 Å². The molecule has 14 heteroatoms. The number of H-pyrrole nitrogens is 1. The molecule has 186 valence electrons. The van der Waals surface area contributed by atoms with Crippen molar-refractivity contribution in [3.05, 3.63) is 30.2 Å². The molecule has 3 heterocycles. The molecule has 0 radical (unpaired) electrons. The first-order chi connectivity index (χ1) is 16.6. The van der Waals surface area contributed by atoms with Crippen LogP contribution in [-0.2, 0) is 4.74 Å². The van der Waals surface area contributed by atoms with Crippen molar-refractivity contribution in [2.45, 2.75) is 62.2 Å². The number of amides is 1. The van der Waals surface area contributed by atoms with Gasteiger partial charge in [-0.2, -0.15) is 10.1 Å². The molecule has 1 amide bonds. The van der Waals surface area contributed by atoms with Crippen LogP contribution in [0.3, 0.4) is 0 Å². The number of alkyl carbamates (subject to hydrolysis) is 1. The summed E-state index contributed by atoms with van der Waals surface area (Å²) in [5.74, 6) is 0.318. The van der Waals surface area contributed by atoms with Crippen LogP contribution in [0.2, 0.25) is 0 Å². The van der Waals surface area contributed by atoms with E-state index in [2.05, 4.69) is 35.5 Å². The van der Waals surface area contributed by atoms with Crippen molar-refractivity contribution in [3.8, 4) is 5.88 Å². The molecular weight excluding hydrogens is 474 g/mol. The highest BCUT2D eigenvalue weighted by Gasteiger charge is 2.58. The molecular formula is C21H21F4N7O3. The number of anilines is 2. The number of nitrogens with one attached hydrogen (secondary N) is 3. The van der Waals surface area contributed by atoms with E-state index in [9.17, 15) is 22.4 Å². The van der Waals surface area contributed by atoms with Gasteiger partial charge in [0.15, 0.2) is 5.82 Å². The van der Waals surface area contributed by atoms with Crippen LogP contribution in [0.4, 0.5) is 34.1 Å². The van der Waals surface area contributed by atoms with Crippen molar-refractivity contribution in [3.63, 3.8) is 0 Å². The number of fused-ring (bicyclic) bond motifs is 1. The van der Waals surface area contributed by atoms with E-state index >= 15 is 0 Å². The van der Waals surface area contributed by atoms with Gasteiger partial charge < -0.3 is 20.1 Å². The maximum atomic E-state index is 14.6. The molecule has 10 nitrogen and oxygen atoms in total. The molecule has 4 saturated carbocycles. The predicted octanol–water partition coefficient (Wildman–Crippen LogP) is 3.96. The first-order valence-corrected chi connectivity index (χ1v) is 11.2. The lowest BCUT2D eigenvalue weighted by atomic mass is 9.50. The van der Waals surface area contributed by atoms with Gasteiger partial charge in [-0.25, -0.2) is 14.2 Å². The van der Waals surface area contributed by atoms with Crippen LogP contribution < -0.4 is 15.4 Å². The molecule has 3 N–H and O–H groups in total. The topological polar surface area (TPSA) is 118 Å². The molecule has 0 aromatic carbocycles. The summed E-state index contributed by atoms with van der Waals surface area (Å²) in [5, 5.41) is 12.8. The largest absolute Gasteiger partial charge is 0.574 e. The minimum Gasteiger partial charge on any atom is -0.443 e. The number of halogens is 4. The van der Waals surface area contributed by atoms with Gasteiger partial charge in [-0.15, -0.1) is 13.2 Å². The number of aromatic nitrogens is 5. The SMILES string of the molecule is O=C(NC12CC(C1)C2)O[C@H]1C[C@@H](c2cc(Nc3nccc4nc(OC(F)(F)F)cn34)n[nH]2)C[C@H]1F. The Balaban J connectivity index is 1.10. The molecule has 4 aliphatic rings. The molecule has 35 heavy (non-hydrogen) atoms. The molecule has 0 saturated heterocycles. The predicted molar refractivity (Wildman–Crippen MR) is 112 cm³/mol. The van der Waals surface area contributed by atoms with Gasteiger partial charge >= 0.3 is 12.5 Å². The maximum absolute atomic E-state index is 14.6. The highest BCUT2D eigenvalue weighted by molar-refractivity contribution is 5.69. The zero-order valence-electron chi connectivity index (χ0n) is 18.2. The Labute approximate surface area is 195 Å². The van der Waals surface area contributed by atoms with Crippen molar-refractivity contribution >= 4 is 23.5 Å². The fourth-order valence-electron chi connectivity index (χ4n) is 5.22. The highest BCUT2D eigenvalue weighted by atomic mass is 19.4. The molecule has 0 unspecified atom stereocenters. The smallest absolute Gasteiger partial charge is 0.443 e. The van der Waals surface area contributed by atoms with E-state index in [1.54, 1.807) is 6.07 Å². The zero-order valence-corrected chi connectivity index (χ0v) is 18.2. The lowest BCUT2D eigenvalue weighted by Crippen LogP contribution is -2.68. The molecule has 3 aromatic heterocycles. The lowest BCUT2D eigenvalue weighted by Gasteiger charge is -2.61. The molecule has 3 aromatic rings. The van der Waals surface area contributed by atoms with E-state index in [-0.39, 0.29) is 29.5 Å². The zero-order chi connectivity index (χ0) is 24.4. The van der Waals surface area contributed by atoms with Crippen LogP contribution in [-0.4, -0.2) is 54.8 Å². The van der Waals surface area contributed by atoms with Gasteiger partial charge in [-0.3, -0.25) is 9.50 Å². The molecule has 4 fully saturated rings. The molecule has 0 aliphatic heterocycles. The molecule has 2 bridgehead atoms. The van der Waals surface area contributed by atoms with Gasteiger partial charge in [0, 0.05) is 29.4 Å². The molecule has 3 atom stereocenters. The maximum Gasteiger partial charge on any atom is 0.574 e. The highest BCUT2D eigenvalue weighted by Crippen LogP contribution is 2.57. The summed E-state index contributed by atoms with van der Waals surface area (Å²) < 4.78 is 62.7. The number of carbonyl (C=O) groups excluding carboxylic acids is 1. The standard InChI is InChI=1S/C21H21F4N7O3/c22-12-3-11(4-14(12)34-19(33)29-20-6-10(7-20)8-20)13-5-15(31-30-13)27-18-26-2-1-16-28-17(9-32(16)18)35-21(23,24)25/h1-2,5,9-12,14H,3-4,6-8H2,(H,29,33)(H2,26,27,30,31)/t10?,11-,12+,14-,20?/m0/s1. The molecule has 4 aliphatic carbocycles. The van der Waals surface area contributed by atoms with Gasteiger partial charge in [0.2, 0.25) is 11.8 Å². The van der Waals surface area contributed by atoms with Crippen molar-refractivity contribution < 1.29 is 31.8 Å². The number of aromatic amines is 1. The minimum atomic E-state index is -4.87. The van der Waals surface area contributed by atoms with Crippen LogP contribution in [0, 0.1) is 5.92 Å².